The van der Waals surface area contributed by atoms with Gasteiger partial charge >= 0.3 is 12.0 Å². The van der Waals surface area contributed by atoms with Crippen molar-refractivity contribution in [2.24, 2.45) is 11.8 Å². The summed E-state index contributed by atoms with van der Waals surface area (Å²) in [6, 6.07) is -0.161. The van der Waals surface area contributed by atoms with E-state index in [2.05, 4.69) is 5.32 Å². The van der Waals surface area contributed by atoms with Crippen molar-refractivity contribution in [1.29, 1.82) is 0 Å². The van der Waals surface area contributed by atoms with Gasteiger partial charge in [0.25, 0.3) is 0 Å². The molecule has 18 heavy (non-hydrogen) atoms. The highest BCUT2D eigenvalue weighted by molar-refractivity contribution is 7.84. The van der Waals surface area contributed by atoms with Crippen molar-refractivity contribution in [1.82, 2.24) is 10.2 Å². The van der Waals surface area contributed by atoms with Gasteiger partial charge in [-0.3, -0.25) is 9.00 Å². The molecule has 0 bridgehead atoms. The zero-order chi connectivity index (χ0) is 13.7. The standard InChI is InChI=1S/C11H20N2O4S/c1-8(10(14)15)9-6-13(7-9)11(16)12-4-3-5-18(2)17/h8-9H,3-7H2,1-2H3,(H,12,16)(H,14,15). The van der Waals surface area contributed by atoms with E-state index in [4.69, 9.17) is 5.11 Å². The molecule has 2 atom stereocenters. The molecule has 6 nitrogen and oxygen atoms in total. The fourth-order valence-electron chi connectivity index (χ4n) is 1.78. The summed E-state index contributed by atoms with van der Waals surface area (Å²) in [6.07, 6.45) is 2.33. The van der Waals surface area contributed by atoms with E-state index in [0.717, 1.165) is 0 Å². The zero-order valence-electron chi connectivity index (χ0n) is 10.7. The van der Waals surface area contributed by atoms with E-state index in [-0.39, 0.29) is 11.9 Å². The zero-order valence-corrected chi connectivity index (χ0v) is 11.5. The van der Waals surface area contributed by atoms with Gasteiger partial charge in [0, 0.05) is 48.4 Å². The van der Waals surface area contributed by atoms with Crippen molar-refractivity contribution >= 4 is 22.8 Å². The van der Waals surface area contributed by atoms with Crippen LogP contribution in [0.3, 0.4) is 0 Å². The number of hydrogen-bond donors (Lipinski definition) is 2. The number of carbonyl (C=O) groups is 2. The molecule has 1 aliphatic heterocycles. The molecule has 1 fully saturated rings. The van der Waals surface area contributed by atoms with Crippen molar-refractivity contribution in [3.63, 3.8) is 0 Å². The number of amides is 2. The van der Waals surface area contributed by atoms with E-state index < -0.39 is 22.7 Å². The maximum Gasteiger partial charge on any atom is 0.317 e. The number of carboxylic acids is 1. The molecule has 1 aliphatic rings. The third-order valence-corrected chi connectivity index (χ3v) is 4.04. The number of carbonyl (C=O) groups excluding carboxylic acids is 1. The second-order valence-electron chi connectivity index (χ2n) is 4.65. The highest BCUT2D eigenvalue weighted by atomic mass is 32.2. The first-order valence-corrected chi connectivity index (χ1v) is 7.70. The smallest absolute Gasteiger partial charge is 0.317 e. The predicted molar refractivity (Wildman–Crippen MR) is 68.8 cm³/mol. The van der Waals surface area contributed by atoms with Crippen LogP contribution in [0.25, 0.3) is 0 Å². The lowest BCUT2D eigenvalue weighted by Gasteiger charge is -2.41. The Morgan fingerprint density at radius 1 is 1.50 bits per heavy atom. The van der Waals surface area contributed by atoms with Gasteiger partial charge in [0.1, 0.15) is 0 Å². The lowest BCUT2D eigenvalue weighted by molar-refractivity contribution is -0.144. The first-order chi connectivity index (χ1) is 8.41. The fourth-order valence-corrected chi connectivity index (χ4v) is 2.33. The van der Waals surface area contributed by atoms with Crippen LogP contribution < -0.4 is 5.32 Å². The molecule has 2 unspecified atom stereocenters. The Morgan fingerprint density at radius 3 is 2.61 bits per heavy atom. The summed E-state index contributed by atoms with van der Waals surface area (Å²) >= 11 is 0. The minimum atomic E-state index is -0.826. The maximum absolute atomic E-state index is 11.6. The molecule has 0 saturated carbocycles. The van der Waals surface area contributed by atoms with E-state index in [9.17, 15) is 13.8 Å². The Labute approximate surface area is 109 Å². The van der Waals surface area contributed by atoms with E-state index >= 15 is 0 Å². The van der Waals surface area contributed by atoms with Gasteiger partial charge in [-0.25, -0.2) is 4.79 Å². The van der Waals surface area contributed by atoms with Crippen LogP contribution in [0, 0.1) is 11.8 Å². The summed E-state index contributed by atoms with van der Waals surface area (Å²) in [5.74, 6) is -0.586. The average molecular weight is 276 g/mol. The highest BCUT2D eigenvalue weighted by Crippen LogP contribution is 2.23. The number of nitrogens with one attached hydrogen (secondary N) is 1. The number of hydrogen-bond acceptors (Lipinski definition) is 3. The largest absolute Gasteiger partial charge is 0.481 e. The van der Waals surface area contributed by atoms with Gasteiger partial charge in [0.05, 0.1) is 5.92 Å². The first kappa shape index (κ1) is 14.9. The third-order valence-electron chi connectivity index (χ3n) is 3.18. The summed E-state index contributed by atoms with van der Waals surface area (Å²) < 4.78 is 10.8. The lowest BCUT2D eigenvalue weighted by atomic mass is 9.87. The van der Waals surface area contributed by atoms with Crippen LogP contribution in [0.1, 0.15) is 13.3 Å². The highest BCUT2D eigenvalue weighted by Gasteiger charge is 2.36. The van der Waals surface area contributed by atoms with E-state index in [1.54, 1.807) is 18.1 Å². The van der Waals surface area contributed by atoms with Crippen molar-refractivity contribution in [3.05, 3.63) is 0 Å². The molecular weight excluding hydrogens is 256 g/mol. The molecule has 0 radical (unpaired) electrons. The van der Waals surface area contributed by atoms with Crippen LogP contribution in [-0.2, 0) is 15.6 Å². The predicted octanol–water partition coefficient (Wildman–Crippen LogP) is 0.117. The Hall–Kier alpha value is -1.11. The molecule has 1 rings (SSSR count). The molecule has 0 aliphatic carbocycles. The number of urea groups is 1. The minimum Gasteiger partial charge on any atom is -0.481 e. The molecule has 0 spiro atoms. The van der Waals surface area contributed by atoms with Gasteiger partial charge in [0.15, 0.2) is 0 Å². The van der Waals surface area contributed by atoms with Gasteiger partial charge in [-0.2, -0.15) is 0 Å². The quantitative estimate of drug-likeness (QED) is 0.674. The van der Waals surface area contributed by atoms with E-state index in [1.165, 1.54) is 0 Å². The van der Waals surface area contributed by atoms with Gasteiger partial charge in [-0.15, -0.1) is 0 Å². The number of likely N-dealkylation sites (tertiary alicyclic amines) is 1. The molecule has 0 aromatic carbocycles. The topological polar surface area (TPSA) is 86.7 Å². The second-order valence-corrected chi connectivity index (χ2v) is 6.21. The molecular formula is C11H20N2O4S. The Bertz CT molecular complexity index is 342. The molecule has 1 heterocycles. The van der Waals surface area contributed by atoms with Crippen LogP contribution in [-0.4, -0.2) is 57.9 Å². The Morgan fingerprint density at radius 2 is 2.11 bits per heavy atom. The molecule has 0 aromatic rings. The Kier molecular flexibility index (Phi) is 5.58. The monoisotopic (exact) mass is 276 g/mol. The van der Waals surface area contributed by atoms with Crippen LogP contribution in [0.2, 0.25) is 0 Å². The number of carboxylic acid groups (broad SMARTS) is 1. The average Bonchev–Trinajstić information content (AvgIpc) is 2.21. The molecule has 104 valence electrons. The summed E-state index contributed by atoms with van der Waals surface area (Å²) in [5.41, 5.74) is 0. The molecule has 0 aromatic heterocycles. The fraction of sp³-hybridized carbons (Fsp3) is 0.818. The molecule has 2 N–H and O–H groups in total. The van der Waals surface area contributed by atoms with Crippen molar-refractivity contribution in [3.8, 4) is 0 Å². The number of aliphatic carboxylic acids is 1. The summed E-state index contributed by atoms with van der Waals surface area (Å²) in [4.78, 5) is 23.9. The van der Waals surface area contributed by atoms with Crippen LogP contribution in [0.15, 0.2) is 0 Å². The van der Waals surface area contributed by atoms with Gasteiger partial charge in [-0.1, -0.05) is 6.92 Å². The van der Waals surface area contributed by atoms with E-state index in [1.807, 2.05) is 0 Å². The van der Waals surface area contributed by atoms with Crippen molar-refractivity contribution in [2.75, 3.05) is 31.6 Å². The lowest BCUT2D eigenvalue weighted by Crippen LogP contribution is -2.56. The van der Waals surface area contributed by atoms with Gasteiger partial charge in [-0.05, 0) is 6.42 Å². The molecule has 7 heteroatoms. The molecule has 2 amide bonds. The SMILES string of the molecule is CC(C(=O)O)C1CN(C(=O)NCCCS(C)=O)C1. The van der Waals surface area contributed by atoms with Crippen LogP contribution in [0.5, 0.6) is 0 Å². The third kappa shape index (κ3) is 4.29. The second kappa shape index (κ2) is 6.72. The maximum atomic E-state index is 11.6. The first-order valence-electron chi connectivity index (χ1n) is 5.97. The van der Waals surface area contributed by atoms with Gasteiger partial charge < -0.3 is 15.3 Å². The summed E-state index contributed by atoms with van der Waals surface area (Å²) in [7, 11) is -0.826. The number of rotatable bonds is 6. The summed E-state index contributed by atoms with van der Waals surface area (Å²) in [5, 5.41) is 11.6. The van der Waals surface area contributed by atoms with Crippen LogP contribution >= 0.6 is 0 Å². The molecule has 1 saturated heterocycles. The van der Waals surface area contributed by atoms with Crippen molar-refractivity contribution in [2.45, 2.75) is 13.3 Å². The van der Waals surface area contributed by atoms with E-state index in [0.29, 0.717) is 31.8 Å². The summed E-state index contributed by atoms with van der Waals surface area (Å²) in [6.45, 7) is 3.17. The Balaban J connectivity index is 2.15. The minimum absolute atomic E-state index is 0.0522. The number of nitrogens with zero attached hydrogens (tertiary/aromatic N) is 1. The normalized spacial score (nSPS) is 18.9. The van der Waals surface area contributed by atoms with Crippen molar-refractivity contribution < 1.29 is 18.9 Å². The van der Waals surface area contributed by atoms with Crippen LogP contribution in [0.4, 0.5) is 4.79 Å². The van der Waals surface area contributed by atoms with Gasteiger partial charge in [0.2, 0.25) is 0 Å².